The number of carboxylic acid groups (broad SMARTS) is 1. The second kappa shape index (κ2) is 9.47. The zero-order valence-electron chi connectivity index (χ0n) is 17.3. The van der Waals surface area contributed by atoms with E-state index in [9.17, 15) is 31.5 Å². The summed E-state index contributed by atoms with van der Waals surface area (Å²) in [5.41, 5.74) is 3.41. The minimum absolute atomic E-state index is 0.0358. The number of nitrogens with two attached hydrogens (primary N) is 1. The van der Waals surface area contributed by atoms with E-state index < -0.39 is 53.3 Å². The van der Waals surface area contributed by atoms with Crippen molar-refractivity contribution < 1.29 is 41.4 Å². The number of halogens is 5. The first-order valence-electron chi connectivity index (χ1n) is 9.48. The molecule has 0 bridgehead atoms. The molecule has 0 radical (unpaired) electrons. The number of aryl methyl sites for hydroxylation is 1. The summed E-state index contributed by atoms with van der Waals surface area (Å²) in [5, 5.41) is 14.8. The summed E-state index contributed by atoms with van der Waals surface area (Å²) in [6.07, 6.45) is -9.12. The molecule has 3 aromatic rings. The van der Waals surface area contributed by atoms with E-state index in [1.54, 1.807) is 0 Å². The van der Waals surface area contributed by atoms with Gasteiger partial charge in [0.05, 0.1) is 11.1 Å². The topological polar surface area (TPSA) is 119 Å². The Labute approximate surface area is 188 Å². The highest BCUT2D eigenvalue weighted by Gasteiger charge is 2.33. The van der Waals surface area contributed by atoms with Gasteiger partial charge in [-0.3, -0.25) is 4.79 Å². The van der Waals surface area contributed by atoms with Gasteiger partial charge in [0.15, 0.2) is 0 Å². The van der Waals surface area contributed by atoms with Gasteiger partial charge in [0.25, 0.3) is 12.3 Å². The number of aromatic nitrogens is 2. The summed E-state index contributed by atoms with van der Waals surface area (Å²) >= 11 is 0. The Morgan fingerprint density at radius 2 is 1.79 bits per heavy atom. The first-order chi connectivity index (χ1) is 15.9. The van der Waals surface area contributed by atoms with Crippen LogP contribution in [0, 0.1) is 0 Å². The summed E-state index contributed by atoms with van der Waals surface area (Å²) in [6.45, 7) is 0. The van der Waals surface area contributed by atoms with Crippen molar-refractivity contribution in [1.82, 2.24) is 15.1 Å². The van der Waals surface area contributed by atoms with E-state index in [1.807, 2.05) is 0 Å². The summed E-state index contributed by atoms with van der Waals surface area (Å²) in [6, 6.07) is 8.77. The van der Waals surface area contributed by atoms with Gasteiger partial charge in [0.1, 0.15) is 23.2 Å². The molecule has 0 aliphatic rings. The van der Waals surface area contributed by atoms with Crippen molar-refractivity contribution in [3.63, 3.8) is 0 Å². The summed E-state index contributed by atoms with van der Waals surface area (Å²) in [5.74, 6) is -3.19. The summed E-state index contributed by atoms with van der Waals surface area (Å²) in [4.78, 5) is 23.8. The summed E-state index contributed by atoms with van der Waals surface area (Å²) < 4.78 is 72.3. The van der Waals surface area contributed by atoms with E-state index >= 15 is 0 Å². The number of nitrogens with one attached hydrogen (secondary N) is 1. The van der Waals surface area contributed by atoms with Gasteiger partial charge in [-0.25, -0.2) is 18.3 Å². The van der Waals surface area contributed by atoms with E-state index in [0.29, 0.717) is 6.07 Å². The lowest BCUT2D eigenvalue weighted by Crippen LogP contribution is -2.34. The molecule has 4 N–H and O–H groups in total. The highest BCUT2D eigenvalue weighted by atomic mass is 19.4. The largest absolute Gasteiger partial charge is 0.478 e. The first kappa shape index (κ1) is 24.6. The van der Waals surface area contributed by atoms with Gasteiger partial charge in [0.2, 0.25) is 5.88 Å². The number of aromatic carboxylic acids is 1. The molecule has 0 saturated carbocycles. The molecule has 1 unspecified atom stereocenters. The number of amides is 1. The van der Waals surface area contributed by atoms with Crippen LogP contribution in [-0.2, 0) is 13.2 Å². The Kier molecular flexibility index (Phi) is 6.86. The molecule has 2 aromatic carbocycles. The Bertz CT molecular complexity index is 1210. The van der Waals surface area contributed by atoms with Crippen LogP contribution >= 0.6 is 0 Å². The zero-order chi connectivity index (χ0) is 25.2. The van der Waals surface area contributed by atoms with Crippen LogP contribution in [-0.4, -0.2) is 26.8 Å². The second-order valence-corrected chi connectivity index (χ2v) is 7.00. The highest BCUT2D eigenvalue weighted by Crippen LogP contribution is 2.35. The zero-order valence-corrected chi connectivity index (χ0v) is 17.3. The SMILES string of the molecule is Cn1nc(C(F)F)c(C(=O)NC(N)c2ccc(C(=O)O)cc2)c1Oc1cccc(C(F)(F)F)c1. The van der Waals surface area contributed by atoms with Crippen LogP contribution in [0.1, 0.15) is 50.1 Å². The van der Waals surface area contributed by atoms with Crippen molar-refractivity contribution >= 4 is 11.9 Å². The molecular weight excluding hydrogens is 467 g/mol. The van der Waals surface area contributed by atoms with E-state index in [2.05, 4.69) is 10.4 Å². The van der Waals surface area contributed by atoms with Crippen molar-refractivity contribution in [1.29, 1.82) is 0 Å². The average molecular weight is 484 g/mol. The predicted octanol–water partition coefficient (Wildman–Crippen LogP) is 4.25. The first-order valence-corrected chi connectivity index (χ1v) is 9.48. The molecule has 34 heavy (non-hydrogen) atoms. The van der Waals surface area contributed by atoms with Crippen LogP contribution in [0.25, 0.3) is 0 Å². The maximum atomic E-state index is 13.6. The maximum absolute atomic E-state index is 13.6. The van der Waals surface area contributed by atoms with Gasteiger partial charge in [-0.15, -0.1) is 0 Å². The monoisotopic (exact) mass is 484 g/mol. The molecule has 1 heterocycles. The third-order valence-corrected chi connectivity index (χ3v) is 4.63. The number of carbonyl (C=O) groups excluding carboxylic acids is 1. The van der Waals surface area contributed by atoms with Crippen LogP contribution < -0.4 is 15.8 Å². The standard InChI is InChI=1S/C21H17F5N4O4/c1-30-19(34-13-4-2-3-12(9-13)21(24,25)26)14(15(29-30)16(22)23)18(31)28-17(27)10-5-7-11(8-6-10)20(32)33/h2-9,16-17H,27H2,1H3,(H,28,31)(H,32,33). The lowest BCUT2D eigenvalue weighted by molar-refractivity contribution is -0.137. The van der Waals surface area contributed by atoms with Gasteiger partial charge in [-0.05, 0) is 35.9 Å². The normalized spacial score (nSPS) is 12.5. The molecule has 13 heteroatoms. The van der Waals surface area contributed by atoms with Crippen molar-refractivity contribution in [2.24, 2.45) is 12.8 Å². The molecule has 0 fully saturated rings. The minimum Gasteiger partial charge on any atom is -0.478 e. The van der Waals surface area contributed by atoms with Crippen molar-refractivity contribution in [3.8, 4) is 11.6 Å². The fourth-order valence-electron chi connectivity index (χ4n) is 2.99. The minimum atomic E-state index is -4.68. The number of hydrogen-bond donors (Lipinski definition) is 3. The van der Waals surface area contributed by atoms with E-state index in [4.69, 9.17) is 15.6 Å². The van der Waals surface area contributed by atoms with Crippen LogP contribution in [0.2, 0.25) is 0 Å². The van der Waals surface area contributed by atoms with E-state index in [1.165, 1.54) is 31.3 Å². The van der Waals surface area contributed by atoms with Crippen molar-refractivity contribution in [2.75, 3.05) is 0 Å². The van der Waals surface area contributed by atoms with Crippen LogP contribution in [0.3, 0.4) is 0 Å². The Morgan fingerprint density at radius 1 is 1.15 bits per heavy atom. The molecule has 0 saturated heterocycles. The molecule has 0 aliphatic carbocycles. The number of hydrogen-bond acceptors (Lipinski definition) is 5. The van der Waals surface area contributed by atoms with Gasteiger partial charge in [-0.2, -0.15) is 18.3 Å². The van der Waals surface area contributed by atoms with Gasteiger partial charge in [-0.1, -0.05) is 18.2 Å². The predicted molar refractivity (Wildman–Crippen MR) is 107 cm³/mol. The molecule has 8 nitrogen and oxygen atoms in total. The maximum Gasteiger partial charge on any atom is 0.416 e. The highest BCUT2D eigenvalue weighted by molar-refractivity contribution is 5.98. The fraction of sp³-hybridized carbons (Fsp3) is 0.190. The quantitative estimate of drug-likeness (QED) is 0.341. The summed E-state index contributed by atoms with van der Waals surface area (Å²) in [7, 11) is 1.18. The number of nitrogens with zero attached hydrogens (tertiary/aromatic N) is 2. The lowest BCUT2D eigenvalue weighted by atomic mass is 10.1. The second-order valence-electron chi connectivity index (χ2n) is 7.00. The number of benzene rings is 2. The number of ether oxygens (including phenoxy) is 1. The Hall–Kier alpha value is -4.00. The number of alkyl halides is 5. The average Bonchev–Trinajstić information content (AvgIpc) is 3.09. The Balaban J connectivity index is 1.92. The van der Waals surface area contributed by atoms with Gasteiger partial charge < -0.3 is 20.9 Å². The third kappa shape index (κ3) is 5.31. The van der Waals surface area contributed by atoms with Crippen molar-refractivity contribution in [2.45, 2.75) is 18.8 Å². The van der Waals surface area contributed by atoms with E-state index in [-0.39, 0.29) is 16.9 Å². The van der Waals surface area contributed by atoms with Crippen LogP contribution in [0.4, 0.5) is 22.0 Å². The van der Waals surface area contributed by atoms with Gasteiger partial charge >= 0.3 is 12.1 Å². The lowest BCUT2D eigenvalue weighted by Gasteiger charge is -2.16. The smallest absolute Gasteiger partial charge is 0.416 e. The molecule has 1 atom stereocenters. The molecule has 3 rings (SSSR count). The number of carbonyl (C=O) groups is 2. The molecule has 180 valence electrons. The molecule has 1 aromatic heterocycles. The number of carboxylic acids is 1. The molecular formula is C21H17F5N4O4. The molecule has 1 amide bonds. The van der Waals surface area contributed by atoms with Gasteiger partial charge in [0, 0.05) is 7.05 Å². The van der Waals surface area contributed by atoms with E-state index in [0.717, 1.165) is 22.9 Å². The molecule has 0 aliphatic heterocycles. The number of rotatable bonds is 7. The third-order valence-electron chi connectivity index (χ3n) is 4.63. The molecule has 0 spiro atoms. The van der Waals surface area contributed by atoms with Crippen molar-refractivity contribution in [3.05, 3.63) is 76.5 Å². The Morgan fingerprint density at radius 3 is 2.35 bits per heavy atom. The fourth-order valence-corrected chi connectivity index (χ4v) is 2.99. The van der Waals surface area contributed by atoms with Crippen LogP contribution in [0.5, 0.6) is 11.6 Å². The van der Waals surface area contributed by atoms with Crippen LogP contribution in [0.15, 0.2) is 48.5 Å².